The molecule has 0 aliphatic heterocycles. The molecule has 20 heavy (non-hydrogen) atoms. The first-order valence-electron chi connectivity index (χ1n) is 8.89. The van der Waals surface area contributed by atoms with E-state index in [2.05, 4.69) is 26.1 Å². The van der Waals surface area contributed by atoms with Gasteiger partial charge in [0.05, 0.1) is 0 Å². The van der Waals surface area contributed by atoms with E-state index in [0.29, 0.717) is 6.04 Å². The van der Waals surface area contributed by atoms with Gasteiger partial charge in [-0.2, -0.15) is 0 Å². The molecule has 2 nitrogen and oxygen atoms in total. The summed E-state index contributed by atoms with van der Waals surface area (Å²) in [5.41, 5.74) is 0. The lowest BCUT2D eigenvalue weighted by molar-refractivity contribution is 0.146. The topological polar surface area (TPSA) is 21.3 Å². The largest absolute Gasteiger partial charge is 0.385 e. The Balaban J connectivity index is 2.39. The molecule has 0 heterocycles. The Labute approximate surface area is 127 Å². The summed E-state index contributed by atoms with van der Waals surface area (Å²) in [5.74, 6) is 2.86. The monoisotopic (exact) mass is 283 g/mol. The van der Waals surface area contributed by atoms with Gasteiger partial charge in [0, 0.05) is 19.8 Å². The number of hydrogen-bond donors (Lipinski definition) is 1. The summed E-state index contributed by atoms with van der Waals surface area (Å²) in [4.78, 5) is 0. The van der Waals surface area contributed by atoms with E-state index in [-0.39, 0.29) is 0 Å². The van der Waals surface area contributed by atoms with E-state index in [1.165, 1.54) is 57.9 Å². The van der Waals surface area contributed by atoms with Gasteiger partial charge in [0.25, 0.3) is 0 Å². The average Bonchev–Trinajstić information content (AvgIpc) is 2.43. The summed E-state index contributed by atoms with van der Waals surface area (Å²) in [7, 11) is 1.81. The molecule has 0 aromatic heterocycles. The lowest BCUT2D eigenvalue weighted by Crippen LogP contribution is -2.36. The fourth-order valence-corrected chi connectivity index (χ4v) is 3.76. The molecule has 0 amide bonds. The minimum Gasteiger partial charge on any atom is -0.385 e. The smallest absolute Gasteiger partial charge is 0.0462 e. The number of unbranched alkanes of at least 4 members (excludes halogenated alkanes) is 1. The van der Waals surface area contributed by atoms with Crippen LogP contribution in [-0.2, 0) is 4.74 Å². The van der Waals surface area contributed by atoms with E-state index < -0.39 is 0 Å². The third-order valence-electron chi connectivity index (χ3n) is 4.91. The molecule has 0 radical (unpaired) electrons. The second kappa shape index (κ2) is 10.6. The summed E-state index contributed by atoms with van der Waals surface area (Å²) < 4.78 is 5.18. The van der Waals surface area contributed by atoms with E-state index in [0.717, 1.165) is 24.4 Å². The highest BCUT2D eigenvalue weighted by molar-refractivity contribution is 4.82. The zero-order valence-corrected chi connectivity index (χ0v) is 14.3. The summed E-state index contributed by atoms with van der Waals surface area (Å²) in [6.07, 6.45) is 11.2. The summed E-state index contributed by atoms with van der Waals surface area (Å²) in [5, 5.41) is 3.67. The van der Waals surface area contributed by atoms with Crippen LogP contribution in [0.3, 0.4) is 0 Å². The van der Waals surface area contributed by atoms with Gasteiger partial charge in [0.15, 0.2) is 0 Å². The molecule has 0 aromatic carbocycles. The van der Waals surface area contributed by atoms with Crippen LogP contribution in [-0.4, -0.2) is 26.3 Å². The highest BCUT2D eigenvalue weighted by Gasteiger charge is 2.29. The highest BCUT2D eigenvalue weighted by Crippen LogP contribution is 2.38. The molecule has 0 saturated heterocycles. The molecule has 1 rings (SSSR count). The van der Waals surface area contributed by atoms with E-state index in [1.54, 1.807) is 0 Å². The lowest BCUT2D eigenvalue weighted by Gasteiger charge is -2.37. The number of rotatable bonds is 10. The van der Waals surface area contributed by atoms with E-state index in [4.69, 9.17) is 4.74 Å². The fraction of sp³-hybridized carbons (Fsp3) is 1.00. The summed E-state index contributed by atoms with van der Waals surface area (Å²) >= 11 is 0. The maximum Gasteiger partial charge on any atom is 0.0462 e. The third-order valence-corrected chi connectivity index (χ3v) is 4.91. The maximum atomic E-state index is 5.18. The van der Waals surface area contributed by atoms with Gasteiger partial charge in [-0.25, -0.2) is 0 Å². The number of ether oxygens (including phenoxy) is 1. The molecule has 2 heteroatoms. The average molecular weight is 284 g/mol. The molecular formula is C18H37NO. The second-order valence-corrected chi connectivity index (χ2v) is 7.04. The Hall–Kier alpha value is -0.0800. The zero-order chi connectivity index (χ0) is 14.8. The van der Waals surface area contributed by atoms with Gasteiger partial charge >= 0.3 is 0 Å². The van der Waals surface area contributed by atoms with Crippen LogP contribution in [0.15, 0.2) is 0 Å². The van der Waals surface area contributed by atoms with Crippen LogP contribution in [0.1, 0.15) is 72.1 Å². The minimum atomic E-state index is 0.623. The van der Waals surface area contributed by atoms with Crippen LogP contribution in [0.2, 0.25) is 0 Å². The van der Waals surface area contributed by atoms with Crippen molar-refractivity contribution < 1.29 is 4.74 Å². The molecule has 0 aromatic rings. The van der Waals surface area contributed by atoms with Crippen molar-refractivity contribution in [3.8, 4) is 0 Å². The van der Waals surface area contributed by atoms with Gasteiger partial charge in [0.1, 0.15) is 0 Å². The second-order valence-electron chi connectivity index (χ2n) is 7.04. The lowest BCUT2D eigenvalue weighted by atomic mass is 9.71. The molecule has 3 atom stereocenters. The normalized spacial score (nSPS) is 27.1. The Morgan fingerprint density at radius 2 is 1.90 bits per heavy atom. The van der Waals surface area contributed by atoms with Crippen molar-refractivity contribution in [1.29, 1.82) is 0 Å². The molecule has 1 aliphatic carbocycles. The van der Waals surface area contributed by atoms with E-state index in [9.17, 15) is 0 Å². The highest BCUT2D eigenvalue weighted by atomic mass is 16.5. The van der Waals surface area contributed by atoms with Crippen LogP contribution in [0.4, 0.5) is 0 Å². The van der Waals surface area contributed by atoms with Crippen molar-refractivity contribution in [3.05, 3.63) is 0 Å². The van der Waals surface area contributed by atoms with E-state index in [1.807, 2.05) is 7.11 Å². The van der Waals surface area contributed by atoms with Crippen molar-refractivity contribution in [2.45, 2.75) is 78.2 Å². The summed E-state index contributed by atoms with van der Waals surface area (Å²) in [6.45, 7) is 9.01. The van der Waals surface area contributed by atoms with Crippen LogP contribution < -0.4 is 5.32 Å². The molecule has 0 spiro atoms. The zero-order valence-electron chi connectivity index (χ0n) is 14.3. The third kappa shape index (κ3) is 7.08. The Kier molecular flexibility index (Phi) is 9.54. The maximum absolute atomic E-state index is 5.18. The predicted octanol–water partition coefficient (Wildman–Crippen LogP) is 4.63. The number of nitrogens with one attached hydrogen (secondary N) is 1. The van der Waals surface area contributed by atoms with Crippen molar-refractivity contribution in [3.63, 3.8) is 0 Å². The van der Waals surface area contributed by atoms with Gasteiger partial charge in [0.2, 0.25) is 0 Å². The number of methoxy groups -OCH3 is 1. The van der Waals surface area contributed by atoms with Crippen molar-refractivity contribution in [2.24, 2.45) is 17.8 Å². The van der Waals surface area contributed by atoms with Crippen molar-refractivity contribution in [1.82, 2.24) is 5.32 Å². The molecule has 1 saturated carbocycles. The van der Waals surface area contributed by atoms with Crippen molar-refractivity contribution in [2.75, 3.05) is 20.3 Å². The van der Waals surface area contributed by atoms with Crippen LogP contribution in [0.25, 0.3) is 0 Å². The van der Waals surface area contributed by atoms with Gasteiger partial charge in [-0.05, 0) is 43.6 Å². The fourth-order valence-electron chi connectivity index (χ4n) is 3.76. The Morgan fingerprint density at radius 1 is 1.10 bits per heavy atom. The molecule has 1 aliphatic rings. The quantitative estimate of drug-likeness (QED) is 0.590. The predicted molar refractivity (Wildman–Crippen MR) is 88.1 cm³/mol. The Morgan fingerprint density at radius 3 is 2.55 bits per heavy atom. The standard InChI is InChI=1S/C18H37NO/c1-5-8-16-10-11-18(14-19-15(2)3)17(13-16)9-6-7-12-20-4/h15-19H,5-14H2,1-4H3. The Bertz CT molecular complexity index is 229. The van der Waals surface area contributed by atoms with Gasteiger partial charge in [-0.1, -0.05) is 52.9 Å². The number of hydrogen-bond acceptors (Lipinski definition) is 2. The SMILES string of the molecule is CCCC1CCC(CNC(C)C)C(CCCCOC)C1. The first-order chi connectivity index (χ1) is 9.67. The van der Waals surface area contributed by atoms with Crippen LogP contribution >= 0.6 is 0 Å². The summed E-state index contributed by atoms with van der Waals surface area (Å²) in [6, 6.07) is 0.623. The molecule has 1 N–H and O–H groups in total. The van der Waals surface area contributed by atoms with Crippen LogP contribution in [0, 0.1) is 17.8 Å². The van der Waals surface area contributed by atoms with Crippen LogP contribution in [0.5, 0.6) is 0 Å². The minimum absolute atomic E-state index is 0.623. The van der Waals surface area contributed by atoms with Crippen molar-refractivity contribution >= 4 is 0 Å². The molecule has 1 fully saturated rings. The first kappa shape index (κ1) is 18.0. The first-order valence-corrected chi connectivity index (χ1v) is 8.89. The molecule has 0 bridgehead atoms. The van der Waals surface area contributed by atoms with Gasteiger partial charge in [-0.3, -0.25) is 0 Å². The molecule has 3 unspecified atom stereocenters. The van der Waals surface area contributed by atoms with E-state index >= 15 is 0 Å². The molecular weight excluding hydrogens is 246 g/mol. The van der Waals surface area contributed by atoms with Gasteiger partial charge < -0.3 is 10.1 Å². The molecule has 120 valence electrons. The van der Waals surface area contributed by atoms with Gasteiger partial charge in [-0.15, -0.1) is 0 Å².